The number of anilines is 1. The van der Waals surface area contributed by atoms with E-state index in [4.69, 9.17) is 37.7 Å². The van der Waals surface area contributed by atoms with E-state index in [1.165, 1.54) is 11.3 Å². The topological polar surface area (TPSA) is 81.9 Å². The van der Waals surface area contributed by atoms with E-state index in [1.807, 2.05) is 78.9 Å². The van der Waals surface area contributed by atoms with Crippen LogP contribution in [-0.2, 0) is 11.4 Å². The lowest BCUT2D eigenvalue weighted by Crippen LogP contribution is -2.40. The van der Waals surface area contributed by atoms with Crippen LogP contribution in [0.1, 0.15) is 29.7 Å². The number of methoxy groups -OCH3 is 1. The van der Waals surface area contributed by atoms with Gasteiger partial charge in [0.05, 0.1) is 32.5 Å². The minimum absolute atomic E-state index is 0.212. The summed E-state index contributed by atoms with van der Waals surface area (Å²) in [5.74, 6) is 0.882. The Morgan fingerprint density at radius 1 is 1.04 bits per heavy atom. The van der Waals surface area contributed by atoms with Crippen molar-refractivity contribution in [3.8, 4) is 11.5 Å². The number of hydrogen-bond acceptors (Lipinski definition) is 6. The Kier molecular flexibility index (Phi) is 10.4. The van der Waals surface area contributed by atoms with Crippen LogP contribution in [0.3, 0.4) is 0 Å². The molecule has 4 aromatic carbocycles. The molecule has 6 rings (SSSR count). The Hall–Kier alpha value is -3.17. The van der Waals surface area contributed by atoms with Crippen LogP contribution >= 0.6 is 79.7 Å². The van der Waals surface area contributed by atoms with Crippen molar-refractivity contribution in [1.82, 2.24) is 4.57 Å². The van der Waals surface area contributed by atoms with E-state index in [-0.39, 0.29) is 18.1 Å². The number of nitrogens with one attached hydrogen (secondary N) is 1. The Morgan fingerprint density at radius 2 is 1.83 bits per heavy atom. The van der Waals surface area contributed by atoms with E-state index in [0.29, 0.717) is 47.8 Å². The van der Waals surface area contributed by atoms with Crippen molar-refractivity contribution in [2.75, 3.05) is 12.4 Å². The van der Waals surface area contributed by atoms with Gasteiger partial charge in [-0.2, -0.15) is 0 Å². The first-order chi connectivity index (χ1) is 22.6. The second kappa shape index (κ2) is 14.5. The third-order valence-electron chi connectivity index (χ3n) is 7.42. The van der Waals surface area contributed by atoms with Crippen LogP contribution in [0.5, 0.6) is 11.5 Å². The van der Waals surface area contributed by atoms with Gasteiger partial charge in [-0.3, -0.25) is 14.2 Å². The van der Waals surface area contributed by atoms with Gasteiger partial charge in [-0.15, -0.1) is 0 Å². The van der Waals surface area contributed by atoms with Crippen molar-refractivity contribution in [2.45, 2.75) is 19.6 Å². The predicted molar refractivity (Wildman–Crippen MR) is 205 cm³/mol. The number of benzene rings is 4. The highest BCUT2D eigenvalue weighted by molar-refractivity contribution is 14.1. The quantitative estimate of drug-likeness (QED) is 0.160. The van der Waals surface area contributed by atoms with E-state index in [1.54, 1.807) is 30.7 Å². The number of amides is 1. The largest absolute Gasteiger partial charge is 0.497 e. The van der Waals surface area contributed by atoms with E-state index < -0.39 is 6.04 Å². The Labute approximate surface area is 311 Å². The smallest absolute Gasteiger partial charge is 0.271 e. The van der Waals surface area contributed by atoms with E-state index in [9.17, 15) is 9.59 Å². The lowest BCUT2D eigenvalue weighted by molar-refractivity contribution is -0.113. The highest BCUT2D eigenvalue weighted by atomic mass is 127. The van der Waals surface area contributed by atoms with Gasteiger partial charge in [0, 0.05) is 30.4 Å². The molecule has 5 aromatic rings. The second-order valence-corrected chi connectivity index (χ2v) is 14.8. The van der Waals surface area contributed by atoms with E-state index in [2.05, 4.69) is 50.5 Å². The van der Waals surface area contributed by atoms with E-state index >= 15 is 0 Å². The van der Waals surface area contributed by atoms with Crippen molar-refractivity contribution in [2.24, 2.45) is 4.99 Å². The van der Waals surface area contributed by atoms with Gasteiger partial charge in [-0.25, -0.2) is 4.99 Å². The molecule has 238 valence electrons. The normalized spacial score (nSPS) is 14.4. The van der Waals surface area contributed by atoms with Gasteiger partial charge in [0.2, 0.25) is 0 Å². The molecule has 47 heavy (non-hydrogen) atoms. The standard InChI is InChI=1S/C35H25Cl2I2N3O4S/c1-19-30(33(43)41-25-8-4-3-5-9-25)31(20-7-6-10-26(14-20)45-2)42-34(44)29(47-35(42)40-19)15-22-13-24(38)17-28(39)32(22)46-18-21-11-12-23(36)16-27(21)37/h3-17,31H,18H2,1-2H3,(H,41,43)/b29-15-/t31-/m1/s1. The molecule has 1 aliphatic heterocycles. The molecule has 1 N–H and O–H groups in total. The van der Waals surface area contributed by atoms with Crippen LogP contribution in [0.2, 0.25) is 10.0 Å². The molecular formula is C35H25Cl2I2N3O4S. The summed E-state index contributed by atoms with van der Waals surface area (Å²) in [6.07, 6.45) is 1.82. The molecule has 2 heterocycles. The number of thiazole rings is 1. The Morgan fingerprint density at radius 3 is 2.57 bits per heavy atom. The first-order valence-electron chi connectivity index (χ1n) is 14.2. The molecule has 7 nitrogen and oxygen atoms in total. The highest BCUT2D eigenvalue weighted by Crippen LogP contribution is 2.34. The third-order valence-corrected chi connectivity index (χ3v) is 10.4. The summed E-state index contributed by atoms with van der Waals surface area (Å²) >= 11 is 18.2. The molecule has 0 bridgehead atoms. The van der Waals surface area contributed by atoms with Gasteiger partial charge in [0.15, 0.2) is 4.80 Å². The number of para-hydroxylation sites is 1. The van der Waals surface area contributed by atoms with Crippen molar-refractivity contribution < 1.29 is 14.3 Å². The SMILES string of the molecule is COc1cccc([C@@H]2C(C(=O)Nc3ccccc3)=C(C)N=c3s/c(=C\c4cc(I)cc(I)c4OCc4ccc(Cl)cc4Cl)c(=O)n32)c1. The number of nitrogens with zero attached hydrogens (tertiary/aromatic N) is 2. The van der Waals surface area contributed by atoms with Gasteiger partial charge >= 0.3 is 0 Å². The van der Waals surface area contributed by atoms with Crippen molar-refractivity contribution in [3.05, 3.63) is 150 Å². The predicted octanol–water partition coefficient (Wildman–Crippen LogP) is 7.98. The van der Waals surface area contributed by atoms with Crippen LogP contribution in [0.4, 0.5) is 5.69 Å². The van der Waals surface area contributed by atoms with Crippen molar-refractivity contribution in [3.63, 3.8) is 0 Å². The van der Waals surface area contributed by atoms with Gasteiger partial charge in [-0.05, 0) is 112 Å². The molecule has 12 heteroatoms. The van der Waals surface area contributed by atoms with Crippen molar-refractivity contribution >= 4 is 97.4 Å². The second-order valence-electron chi connectivity index (χ2n) is 10.5. The lowest BCUT2D eigenvalue weighted by Gasteiger charge is -2.25. The summed E-state index contributed by atoms with van der Waals surface area (Å²) in [6, 6.07) is 25.1. The van der Waals surface area contributed by atoms with Crippen molar-refractivity contribution in [1.29, 1.82) is 0 Å². The van der Waals surface area contributed by atoms with Gasteiger partial charge in [-0.1, -0.05) is 70.9 Å². The molecule has 1 aliphatic rings. The molecule has 1 amide bonds. The summed E-state index contributed by atoms with van der Waals surface area (Å²) in [7, 11) is 1.58. The zero-order valence-corrected chi connectivity index (χ0v) is 31.5. The minimum Gasteiger partial charge on any atom is -0.497 e. The number of carbonyl (C=O) groups is 1. The minimum atomic E-state index is -0.744. The summed E-state index contributed by atoms with van der Waals surface area (Å²) in [6.45, 7) is 2.00. The summed E-state index contributed by atoms with van der Waals surface area (Å²) in [5.41, 5.74) is 3.48. The first kappa shape index (κ1) is 33.7. The number of halogens is 4. The van der Waals surface area contributed by atoms with Crippen LogP contribution in [0.25, 0.3) is 6.08 Å². The number of allylic oxidation sites excluding steroid dienone is 1. The number of aromatic nitrogens is 1. The third kappa shape index (κ3) is 7.31. The molecule has 0 saturated heterocycles. The summed E-state index contributed by atoms with van der Waals surface area (Å²) in [4.78, 5) is 33.5. The number of rotatable bonds is 8. The number of carbonyl (C=O) groups excluding carboxylic acids is 1. The molecule has 0 aliphatic carbocycles. The molecule has 0 unspecified atom stereocenters. The zero-order valence-electron chi connectivity index (χ0n) is 24.9. The van der Waals surface area contributed by atoms with Crippen LogP contribution in [0, 0.1) is 7.14 Å². The first-order valence-corrected chi connectivity index (χ1v) is 17.9. The summed E-state index contributed by atoms with van der Waals surface area (Å²) in [5, 5.41) is 4.03. The zero-order chi connectivity index (χ0) is 33.2. The molecule has 0 spiro atoms. The molecule has 0 radical (unpaired) electrons. The maximum absolute atomic E-state index is 14.3. The van der Waals surface area contributed by atoms with Gasteiger partial charge in [0.25, 0.3) is 11.5 Å². The molecular weight excluding hydrogens is 883 g/mol. The lowest BCUT2D eigenvalue weighted by atomic mass is 9.95. The maximum atomic E-state index is 14.3. The van der Waals surface area contributed by atoms with Gasteiger partial charge < -0.3 is 14.8 Å². The fraction of sp³-hybridized carbons (Fsp3) is 0.114. The van der Waals surface area contributed by atoms with Crippen LogP contribution < -0.4 is 29.7 Å². The van der Waals surface area contributed by atoms with Crippen LogP contribution in [0.15, 0.2) is 106 Å². The fourth-order valence-corrected chi connectivity index (χ4v) is 8.77. The fourth-order valence-electron chi connectivity index (χ4n) is 5.23. The molecule has 0 saturated carbocycles. The summed E-state index contributed by atoms with van der Waals surface area (Å²) < 4.78 is 15.7. The monoisotopic (exact) mass is 907 g/mol. The molecule has 0 fully saturated rings. The van der Waals surface area contributed by atoms with Gasteiger partial charge in [0.1, 0.15) is 18.1 Å². The Bertz CT molecular complexity index is 2240. The van der Waals surface area contributed by atoms with Crippen LogP contribution in [-0.4, -0.2) is 17.6 Å². The maximum Gasteiger partial charge on any atom is 0.271 e. The number of hydrogen-bond donors (Lipinski definition) is 1. The molecule has 1 aromatic heterocycles. The number of ether oxygens (including phenoxy) is 2. The highest BCUT2D eigenvalue weighted by Gasteiger charge is 2.33. The Balaban J connectivity index is 1.47. The molecule has 1 atom stereocenters. The average Bonchev–Trinajstić information content (AvgIpc) is 3.34. The average molecular weight is 908 g/mol. The number of fused-ring (bicyclic) bond motifs is 1. The van der Waals surface area contributed by atoms with E-state index in [0.717, 1.165) is 23.8 Å².